The van der Waals surface area contributed by atoms with Gasteiger partial charge in [-0.05, 0) is 44.0 Å². The molecule has 0 aliphatic carbocycles. The molecular formula is C21H24N2O3. The zero-order valence-electron chi connectivity index (χ0n) is 15.3. The van der Waals surface area contributed by atoms with Crippen LogP contribution in [0.3, 0.4) is 0 Å². The Bertz CT molecular complexity index is 897. The van der Waals surface area contributed by atoms with E-state index in [1.54, 1.807) is 7.11 Å². The lowest BCUT2D eigenvalue weighted by atomic mass is 9.95. The maximum atomic E-state index is 6.09. The highest BCUT2D eigenvalue weighted by Gasteiger charge is 2.28. The van der Waals surface area contributed by atoms with E-state index in [-0.39, 0.29) is 6.79 Å². The predicted octanol–water partition coefficient (Wildman–Crippen LogP) is 4.21. The lowest BCUT2D eigenvalue weighted by Gasteiger charge is -2.25. The van der Waals surface area contributed by atoms with E-state index in [0.29, 0.717) is 5.92 Å². The van der Waals surface area contributed by atoms with Crippen molar-refractivity contribution in [2.75, 3.05) is 27.1 Å². The van der Waals surface area contributed by atoms with Crippen molar-refractivity contribution in [3.8, 4) is 11.4 Å². The second-order valence-corrected chi connectivity index (χ2v) is 6.66. The highest BCUT2D eigenvalue weighted by molar-refractivity contribution is 5.90. The number of nitrogens with zero attached hydrogens (tertiary/aromatic N) is 2. The molecule has 1 aliphatic rings. The number of aryl methyl sites for hydroxylation is 1. The lowest BCUT2D eigenvalue weighted by Crippen LogP contribution is -2.18. The SMILES string of the molecule is COCOc1c(C2CCOCC2)n(-c2ccnc(C)c2)c2ccccc12. The van der Waals surface area contributed by atoms with Gasteiger partial charge >= 0.3 is 0 Å². The van der Waals surface area contributed by atoms with E-state index in [2.05, 4.69) is 45.9 Å². The minimum Gasteiger partial charge on any atom is -0.465 e. The van der Waals surface area contributed by atoms with Crippen LogP contribution >= 0.6 is 0 Å². The van der Waals surface area contributed by atoms with Crippen LogP contribution in [0.2, 0.25) is 0 Å². The maximum absolute atomic E-state index is 6.09. The van der Waals surface area contributed by atoms with Gasteiger partial charge < -0.3 is 18.8 Å². The van der Waals surface area contributed by atoms with Crippen molar-refractivity contribution in [3.63, 3.8) is 0 Å². The van der Waals surface area contributed by atoms with Crippen LogP contribution in [-0.4, -0.2) is 36.7 Å². The Labute approximate surface area is 153 Å². The largest absolute Gasteiger partial charge is 0.465 e. The summed E-state index contributed by atoms with van der Waals surface area (Å²) in [6, 6.07) is 12.6. The Kier molecular flexibility index (Phi) is 4.91. The molecule has 4 rings (SSSR count). The monoisotopic (exact) mass is 352 g/mol. The van der Waals surface area contributed by atoms with Gasteiger partial charge in [-0.2, -0.15) is 0 Å². The first kappa shape index (κ1) is 17.1. The lowest BCUT2D eigenvalue weighted by molar-refractivity contribution is 0.0491. The van der Waals surface area contributed by atoms with Crippen LogP contribution in [0.5, 0.6) is 5.75 Å². The van der Waals surface area contributed by atoms with Gasteiger partial charge in [-0.25, -0.2) is 0 Å². The van der Waals surface area contributed by atoms with Crippen LogP contribution in [0.1, 0.15) is 30.1 Å². The fourth-order valence-corrected chi connectivity index (χ4v) is 3.79. The van der Waals surface area contributed by atoms with Crippen molar-refractivity contribution >= 4 is 10.9 Å². The number of ether oxygens (including phenoxy) is 3. The van der Waals surface area contributed by atoms with Gasteiger partial charge in [0.2, 0.25) is 0 Å². The third-order valence-corrected chi connectivity index (χ3v) is 4.93. The number of methoxy groups -OCH3 is 1. The van der Waals surface area contributed by atoms with Crippen LogP contribution < -0.4 is 4.74 Å². The number of pyridine rings is 1. The molecule has 136 valence electrons. The molecule has 0 unspecified atom stereocenters. The van der Waals surface area contributed by atoms with Gasteiger partial charge in [0.05, 0.1) is 11.2 Å². The molecule has 0 spiro atoms. The molecule has 5 nitrogen and oxygen atoms in total. The number of fused-ring (bicyclic) bond motifs is 1. The number of rotatable bonds is 5. The summed E-state index contributed by atoms with van der Waals surface area (Å²) in [5.41, 5.74) is 4.46. The van der Waals surface area contributed by atoms with Crippen molar-refractivity contribution in [1.29, 1.82) is 0 Å². The van der Waals surface area contributed by atoms with E-state index in [1.165, 1.54) is 5.69 Å². The van der Waals surface area contributed by atoms with Gasteiger partial charge in [-0.3, -0.25) is 4.98 Å². The summed E-state index contributed by atoms with van der Waals surface area (Å²) in [6.45, 7) is 3.82. The molecule has 0 amide bonds. The average Bonchev–Trinajstić information content (AvgIpc) is 3.01. The highest BCUT2D eigenvalue weighted by Crippen LogP contribution is 2.43. The van der Waals surface area contributed by atoms with Gasteiger partial charge in [0.15, 0.2) is 12.5 Å². The second-order valence-electron chi connectivity index (χ2n) is 6.66. The minimum atomic E-state index is 0.236. The molecule has 1 fully saturated rings. The molecule has 1 aliphatic heterocycles. The summed E-state index contributed by atoms with van der Waals surface area (Å²) in [4.78, 5) is 4.36. The predicted molar refractivity (Wildman–Crippen MR) is 101 cm³/mol. The first-order chi connectivity index (χ1) is 12.8. The van der Waals surface area contributed by atoms with Crippen molar-refractivity contribution in [3.05, 3.63) is 54.0 Å². The van der Waals surface area contributed by atoms with Crippen molar-refractivity contribution in [2.24, 2.45) is 0 Å². The van der Waals surface area contributed by atoms with Crippen LogP contribution in [0, 0.1) is 6.92 Å². The Morgan fingerprint density at radius 3 is 2.77 bits per heavy atom. The molecule has 1 aromatic carbocycles. The molecule has 2 aromatic heterocycles. The van der Waals surface area contributed by atoms with Gasteiger partial charge in [0.25, 0.3) is 0 Å². The van der Waals surface area contributed by atoms with E-state index in [9.17, 15) is 0 Å². The Morgan fingerprint density at radius 2 is 2.00 bits per heavy atom. The zero-order chi connectivity index (χ0) is 17.9. The van der Waals surface area contributed by atoms with E-state index < -0.39 is 0 Å². The van der Waals surface area contributed by atoms with Gasteiger partial charge in [0.1, 0.15) is 0 Å². The standard InChI is InChI=1S/C21H24N2O3/c1-15-13-17(7-10-22-15)23-19-6-4-3-5-18(19)21(26-14-24-2)20(23)16-8-11-25-12-9-16/h3-7,10,13,16H,8-9,11-12,14H2,1-2H3. The molecule has 5 heteroatoms. The first-order valence-electron chi connectivity index (χ1n) is 9.05. The van der Waals surface area contributed by atoms with Crippen LogP contribution in [0.15, 0.2) is 42.6 Å². The van der Waals surface area contributed by atoms with Crippen LogP contribution in [0.4, 0.5) is 0 Å². The Hall–Kier alpha value is -2.37. The van der Waals surface area contributed by atoms with Gasteiger partial charge in [-0.1, -0.05) is 12.1 Å². The van der Waals surface area contributed by atoms with E-state index in [1.807, 2.05) is 13.1 Å². The van der Waals surface area contributed by atoms with E-state index in [0.717, 1.165) is 54.1 Å². The summed E-state index contributed by atoms with van der Waals surface area (Å²) in [7, 11) is 1.65. The number of hydrogen-bond donors (Lipinski definition) is 0. The topological polar surface area (TPSA) is 45.5 Å². The molecule has 0 radical (unpaired) electrons. The normalized spacial score (nSPS) is 15.5. The molecule has 3 heterocycles. The summed E-state index contributed by atoms with van der Waals surface area (Å²) in [5.74, 6) is 1.31. The third-order valence-electron chi connectivity index (χ3n) is 4.93. The maximum Gasteiger partial charge on any atom is 0.188 e. The quantitative estimate of drug-likeness (QED) is 0.645. The minimum absolute atomic E-state index is 0.236. The molecule has 0 saturated carbocycles. The Balaban J connectivity index is 1.98. The Morgan fingerprint density at radius 1 is 1.19 bits per heavy atom. The molecule has 0 bridgehead atoms. The fourth-order valence-electron chi connectivity index (χ4n) is 3.79. The molecule has 0 atom stereocenters. The van der Waals surface area contributed by atoms with Gasteiger partial charge in [-0.15, -0.1) is 0 Å². The average molecular weight is 352 g/mol. The molecule has 3 aromatic rings. The molecule has 1 saturated heterocycles. The summed E-state index contributed by atoms with van der Waals surface area (Å²) in [6.07, 6.45) is 3.84. The van der Waals surface area contributed by atoms with Crippen LogP contribution in [-0.2, 0) is 9.47 Å². The van der Waals surface area contributed by atoms with E-state index in [4.69, 9.17) is 14.2 Å². The molecule has 0 N–H and O–H groups in total. The fraction of sp³-hybridized carbons (Fsp3) is 0.381. The number of para-hydroxylation sites is 1. The highest BCUT2D eigenvalue weighted by atomic mass is 16.7. The third kappa shape index (κ3) is 3.08. The van der Waals surface area contributed by atoms with Gasteiger partial charge in [0, 0.05) is 49.2 Å². The van der Waals surface area contributed by atoms with E-state index >= 15 is 0 Å². The summed E-state index contributed by atoms with van der Waals surface area (Å²) < 4.78 is 19.2. The second kappa shape index (κ2) is 7.48. The van der Waals surface area contributed by atoms with Crippen molar-refractivity contribution < 1.29 is 14.2 Å². The zero-order valence-corrected chi connectivity index (χ0v) is 15.3. The number of hydrogen-bond acceptors (Lipinski definition) is 4. The van der Waals surface area contributed by atoms with Crippen molar-refractivity contribution in [2.45, 2.75) is 25.7 Å². The molecular weight excluding hydrogens is 328 g/mol. The first-order valence-corrected chi connectivity index (χ1v) is 9.05. The number of benzene rings is 1. The smallest absolute Gasteiger partial charge is 0.188 e. The summed E-state index contributed by atoms with van der Waals surface area (Å²) >= 11 is 0. The summed E-state index contributed by atoms with van der Waals surface area (Å²) in [5, 5.41) is 1.11. The molecule has 26 heavy (non-hydrogen) atoms. The van der Waals surface area contributed by atoms with Crippen LogP contribution in [0.25, 0.3) is 16.6 Å². The number of aromatic nitrogens is 2. The van der Waals surface area contributed by atoms with Crippen molar-refractivity contribution in [1.82, 2.24) is 9.55 Å².